The van der Waals surface area contributed by atoms with Gasteiger partial charge in [0.2, 0.25) is 0 Å². The minimum Gasteiger partial charge on any atom is -0.480 e. The quantitative estimate of drug-likeness (QED) is 0.423. The molecule has 1 unspecified atom stereocenters. The van der Waals surface area contributed by atoms with E-state index in [2.05, 4.69) is 24.5 Å². The maximum absolute atomic E-state index is 10.4. The monoisotopic (exact) mass is 176 g/mol. The molecular formula is C6H12N2O2S. The first-order valence-electron chi connectivity index (χ1n) is 3.08. The Kier molecular flexibility index (Phi) is 4.72. The summed E-state index contributed by atoms with van der Waals surface area (Å²) in [4.78, 5) is 10.4. The molecule has 0 fully saturated rings. The fourth-order valence-electron chi connectivity index (χ4n) is 0.484. The van der Waals surface area contributed by atoms with E-state index in [1.165, 1.54) is 0 Å². The third-order valence-corrected chi connectivity index (χ3v) is 1.42. The van der Waals surface area contributed by atoms with Crippen LogP contribution < -0.4 is 11.1 Å². The molecule has 0 saturated carbocycles. The first-order valence-corrected chi connectivity index (χ1v) is 3.71. The molecule has 4 N–H and O–H groups in total. The lowest BCUT2D eigenvalue weighted by molar-refractivity contribution is -0.138. The number of thiol groups is 1. The molecule has 0 amide bonds. The minimum atomic E-state index is -0.929. The number of carbonyl (C=O) groups is 1. The maximum atomic E-state index is 10.4. The number of carboxylic acid groups (broad SMARTS) is 1. The van der Waals surface area contributed by atoms with E-state index >= 15 is 0 Å². The molecule has 0 spiro atoms. The standard InChI is InChI=1S/C6H12N2O2S/c1-4(7)2-8-5(3-11)6(9)10/h5,8,11H,1-3,7H2,(H,9,10). The predicted molar refractivity (Wildman–Crippen MR) is 46.6 cm³/mol. The summed E-state index contributed by atoms with van der Waals surface area (Å²) in [6.45, 7) is 3.72. The van der Waals surface area contributed by atoms with Crippen molar-refractivity contribution in [1.82, 2.24) is 5.32 Å². The molecule has 1 atom stereocenters. The summed E-state index contributed by atoms with van der Waals surface area (Å²) in [7, 11) is 0. The molecule has 11 heavy (non-hydrogen) atoms. The van der Waals surface area contributed by atoms with Crippen molar-refractivity contribution in [1.29, 1.82) is 0 Å². The SMILES string of the molecule is C=C(N)CNC(CS)C(=O)O. The molecule has 0 aromatic rings. The fraction of sp³-hybridized carbons (Fsp3) is 0.500. The van der Waals surface area contributed by atoms with Crippen LogP contribution in [0.25, 0.3) is 0 Å². The zero-order valence-electron chi connectivity index (χ0n) is 6.08. The summed E-state index contributed by atoms with van der Waals surface area (Å²) in [5.74, 6) is -0.691. The molecule has 4 nitrogen and oxygen atoms in total. The van der Waals surface area contributed by atoms with Gasteiger partial charge in [0.25, 0.3) is 0 Å². The van der Waals surface area contributed by atoms with Crippen LogP contribution in [-0.2, 0) is 4.79 Å². The van der Waals surface area contributed by atoms with Gasteiger partial charge in [0, 0.05) is 18.0 Å². The zero-order valence-corrected chi connectivity index (χ0v) is 6.97. The van der Waals surface area contributed by atoms with E-state index in [0.717, 1.165) is 0 Å². The molecule has 0 aliphatic rings. The van der Waals surface area contributed by atoms with Gasteiger partial charge in [0.05, 0.1) is 0 Å². The topological polar surface area (TPSA) is 75.3 Å². The largest absolute Gasteiger partial charge is 0.480 e. The van der Waals surface area contributed by atoms with E-state index in [-0.39, 0.29) is 5.75 Å². The van der Waals surface area contributed by atoms with Crippen molar-refractivity contribution in [3.63, 3.8) is 0 Å². The average Bonchev–Trinajstić information content (AvgIpc) is 1.87. The fourth-order valence-corrected chi connectivity index (χ4v) is 0.770. The molecule has 0 saturated heterocycles. The highest BCUT2D eigenvalue weighted by molar-refractivity contribution is 7.80. The molecule has 0 aliphatic carbocycles. The van der Waals surface area contributed by atoms with Crippen molar-refractivity contribution in [2.24, 2.45) is 5.73 Å². The smallest absolute Gasteiger partial charge is 0.321 e. The van der Waals surface area contributed by atoms with Gasteiger partial charge in [0.15, 0.2) is 0 Å². The lowest BCUT2D eigenvalue weighted by atomic mass is 10.3. The summed E-state index contributed by atoms with van der Waals surface area (Å²) in [6.07, 6.45) is 0. The van der Waals surface area contributed by atoms with Crippen molar-refractivity contribution in [2.75, 3.05) is 12.3 Å². The molecule has 0 heterocycles. The van der Waals surface area contributed by atoms with E-state index in [1.54, 1.807) is 0 Å². The van der Waals surface area contributed by atoms with Gasteiger partial charge in [-0.05, 0) is 0 Å². The van der Waals surface area contributed by atoms with E-state index in [1.807, 2.05) is 0 Å². The lowest BCUT2D eigenvalue weighted by Crippen LogP contribution is -2.39. The van der Waals surface area contributed by atoms with Crippen LogP contribution in [0.15, 0.2) is 12.3 Å². The molecule has 0 bridgehead atoms. The molecule has 0 aromatic carbocycles. The molecule has 0 aromatic heterocycles. The third kappa shape index (κ3) is 4.69. The maximum Gasteiger partial charge on any atom is 0.321 e. The second-order valence-electron chi connectivity index (χ2n) is 2.11. The number of carboxylic acids is 1. The van der Waals surface area contributed by atoms with Gasteiger partial charge >= 0.3 is 5.97 Å². The summed E-state index contributed by atoms with van der Waals surface area (Å²) in [5.41, 5.74) is 5.64. The highest BCUT2D eigenvalue weighted by Crippen LogP contribution is 1.88. The first-order chi connectivity index (χ1) is 5.07. The van der Waals surface area contributed by atoms with Crippen LogP contribution in [0.4, 0.5) is 0 Å². The van der Waals surface area contributed by atoms with Crippen LogP contribution in [0.1, 0.15) is 0 Å². The van der Waals surface area contributed by atoms with Gasteiger partial charge in [0.1, 0.15) is 6.04 Å². The molecular weight excluding hydrogens is 164 g/mol. The van der Waals surface area contributed by atoms with Crippen LogP contribution in [0.5, 0.6) is 0 Å². The van der Waals surface area contributed by atoms with Crippen LogP contribution >= 0.6 is 12.6 Å². The molecule has 64 valence electrons. The summed E-state index contributed by atoms with van der Waals surface area (Å²) < 4.78 is 0. The minimum absolute atomic E-state index is 0.239. The Bertz CT molecular complexity index is 161. The average molecular weight is 176 g/mol. The second kappa shape index (κ2) is 5.03. The highest BCUT2D eigenvalue weighted by Gasteiger charge is 2.13. The Morgan fingerprint density at radius 1 is 1.82 bits per heavy atom. The van der Waals surface area contributed by atoms with Crippen molar-refractivity contribution in [3.05, 3.63) is 12.3 Å². The summed E-state index contributed by atoms with van der Waals surface area (Å²) in [5, 5.41) is 11.2. The first kappa shape index (κ1) is 10.3. The number of aliphatic carboxylic acids is 1. The third-order valence-electron chi connectivity index (χ3n) is 1.06. The Labute approximate surface area is 70.9 Å². The van der Waals surface area contributed by atoms with Crippen LogP contribution in [0, 0.1) is 0 Å². The van der Waals surface area contributed by atoms with Crippen LogP contribution in [0.2, 0.25) is 0 Å². The van der Waals surface area contributed by atoms with Gasteiger partial charge in [-0.1, -0.05) is 6.58 Å². The predicted octanol–water partition coefficient (Wildman–Crippen LogP) is -0.569. The van der Waals surface area contributed by atoms with E-state index in [4.69, 9.17) is 10.8 Å². The van der Waals surface area contributed by atoms with E-state index in [0.29, 0.717) is 12.2 Å². The summed E-state index contributed by atoms with van der Waals surface area (Å²) >= 11 is 3.84. The second-order valence-corrected chi connectivity index (χ2v) is 2.48. The summed E-state index contributed by atoms with van der Waals surface area (Å²) in [6, 6.07) is -0.654. The van der Waals surface area contributed by atoms with Crippen molar-refractivity contribution < 1.29 is 9.90 Å². The zero-order chi connectivity index (χ0) is 8.85. The Hall–Kier alpha value is -0.680. The number of nitrogens with one attached hydrogen (secondary N) is 1. The Balaban J connectivity index is 3.70. The molecule has 0 aliphatic heterocycles. The normalized spacial score (nSPS) is 12.5. The van der Waals surface area contributed by atoms with Crippen LogP contribution in [-0.4, -0.2) is 29.4 Å². The van der Waals surface area contributed by atoms with Crippen molar-refractivity contribution in [3.8, 4) is 0 Å². The van der Waals surface area contributed by atoms with Gasteiger partial charge in [-0.2, -0.15) is 12.6 Å². The number of rotatable bonds is 5. The van der Waals surface area contributed by atoms with Gasteiger partial charge in [-0.3, -0.25) is 10.1 Å². The number of nitrogens with two attached hydrogens (primary N) is 1. The lowest BCUT2D eigenvalue weighted by Gasteiger charge is -2.10. The number of hydrogen-bond donors (Lipinski definition) is 4. The van der Waals surface area contributed by atoms with E-state index in [9.17, 15) is 4.79 Å². The molecule has 0 radical (unpaired) electrons. The van der Waals surface area contributed by atoms with Crippen molar-refractivity contribution in [2.45, 2.75) is 6.04 Å². The number of hydrogen-bond acceptors (Lipinski definition) is 4. The van der Waals surface area contributed by atoms with Gasteiger partial charge in [-0.25, -0.2) is 0 Å². The van der Waals surface area contributed by atoms with Crippen molar-refractivity contribution >= 4 is 18.6 Å². The highest BCUT2D eigenvalue weighted by atomic mass is 32.1. The van der Waals surface area contributed by atoms with E-state index < -0.39 is 12.0 Å². The molecule has 5 heteroatoms. The van der Waals surface area contributed by atoms with Crippen LogP contribution in [0.3, 0.4) is 0 Å². The van der Waals surface area contributed by atoms with Gasteiger partial charge in [-0.15, -0.1) is 0 Å². The Morgan fingerprint density at radius 2 is 2.36 bits per heavy atom. The molecule has 0 rings (SSSR count). The van der Waals surface area contributed by atoms with Gasteiger partial charge < -0.3 is 10.8 Å². The Morgan fingerprint density at radius 3 is 2.64 bits per heavy atom.